The summed E-state index contributed by atoms with van der Waals surface area (Å²) in [6, 6.07) is 8.34. The Morgan fingerprint density at radius 2 is 1.92 bits per heavy atom. The Labute approximate surface area is 149 Å². The molecule has 8 nitrogen and oxygen atoms in total. The number of benzene rings is 1. The van der Waals surface area contributed by atoms with E-state index in [1.807, 2.05) is 24.3 Å². The average Bonchev–Trinajstić information content (AvgIpc) is 2.97. The maximum absolute atomic E-state index is 12.4. The van der Waals surface area contributed by atoms with Gasteiger partial charge in [0.1, 0.15) is 10.8 Å². The van der Waals surface area contributed by atoms with E-state index < -0.39 is 12.2 Å². The van der Waals surface area contributed by atoms with Gasteiger partial charge in [0, 0.05) is 11.4 Å². The zero-order valence-corrected chi connectivity index (χ0v) is 14.6. The number of hydrogen-bond acceptors (Lipinski definition) is 6. The zero-order chi connectivity index (χ0) is 18.4. The molecule has 9 heteroatoms. The maximum Gasteiger partial charge on any atom is 0.317 e. The molecule has 0 spiro atoms. The Morgan fingerprint density at radius 1 is 1.24 bits per heavy atom. The molecule has 0 radical (unpaired) electrons. The molecular weight excluding hydrogens is 342 g/mol. The third-order valence-electron chi connectivity index (χ3n) is 3.35. The minimum absolute atomic E-state index is 0.333. The van der Waals surface area contributed by atoms with Gasteiger partial charge in [-0.15, -0.1) is 11.3 Å². The van der Waals surface area contributed by atoms with E-state index in [4.69, 9.17) is 21.9 Å². The first-order chi connectivity index (χ1) is 11.9. The zero-order valence-electron chi connectivity index (χ0n) is 13.7. The predicted octanol–water partition coefficient (Wildman–Crippen LogP) is 1.28. The monoisotopic (exact) mass is 363 g/mol. The topological polar surface area (TPSA) is 145 Å². The van der Waals surface area contributed by atoms with E-state index in [0.717, 1.165) is 16.2 Å². The predicted molar refractivity (Wildman–Crippen MR) is 98.6 cm³/mol. The van der Waals surface area contributed by atoms with Crippen molar-refractivity contribution in [1.29, 1.82) is 0 Å². The van der Waals surface area contributed by atoms with Crippen molar-refractivity contribution in [2.45, 2.75) is 12.6 Å². The number of anilines is 1. The second kappa shape index (κ2) is 8.47. The molecule has 8 N–H and O–H groups in total. The highest BCUT2D eigenvalue weighted by Crippen LogP contribution is 2.36. The number of primary amides is 1. The second-order valence-electron chi connectivity index (χ2n) is 5.28. The lowest BCUT2D eigenvalue weighted by Crippen LogP contribution is -2.36. The van der Waals surface area contributed by atoms with Gasteiger partial charge in [-0.2, -0.15) is 0 Å². The number of nitrogens with two attached hydrogens (primary N) is 3. The number of urea groups is 1. The number of thiophene rings is 1. The number of amides is 3. The number of rotatable bonds is 7. The van der Waals surface area contributed by atoms with Crippen LogP contribution >= 0.6 is 11.3 Å². The van der Waals surface area contributed by atoms with Crippen LogP contribution in [0.3, 0.4) is 0 Å². The van der Waals surface area contributed by atoms with Crippen LogP contribution in [-0.4, -0.2) is 31.8 Å². The van der Waals surface area contributed by atoms with Crippen LogP contribution in [0, 0.1) is 0 Å². The van der Waals surface area contributed by atoms with Gasteiger partial charge in [0.05, 0.1) is 18.8 Å². The van der Waals surface area contributed by atoms with Crippen molar-refractivity contribution in [3.05, 3.63) is 35.9 Å². The molecule has 0 bridgehead atoms. The Balaban J connectivity index is 2.25. The lowest BCUT2D eigenvalue weighted by Gasteiger charge is -2.07. The first-order valence-corrected chi connectivity index (χ1v) is 8.36. The number of methoxy groups -OCH3 is 1. The highest BCUT2D eigenvalue weighted by Gasteiger charge is 2.18. The Morgan fingerprint density at radius 3 is 2.48 bits per heavy atom. The summed E-state index contributed by atoms with van der Waals surface area (Å²) < 4.78 is 5.13. The Bertz CT molecular complexity index is 743. The van der Waals surface area contributed by atoms with Crippen LogP contribution in [0.2, 0.25) is 0 Å². The van der Waals surface area contributed by atoms with E-state index in [1.165, 1.54) is 11.3 Å². The summed E-state index contributed by atoms with van der Waals surface area (Å²) in [7, 11) is 1.59. The van der Waals surface area contributed by atoms with Crippen molar-refractivity contribution in [2.24, 2.45) is 17.2 Å². The fraction of sp³-hybridized carbons (Fsp3) is 0.250. The summed E-state index contributed by atoms with van der Waals surface area (Å²) in [5.74, 6) is 0.396. The van der Waals surface area contributed by atoms with Crippen LogP contribution in [0.4, 0.5) is 9.80 Å². The number of hydrogen-bond donors (Lipinski definition) is 5. The molecule has 3 amide bonds. The highest BCUT2D eigenvalue weighted by atomic mass is 32.1. The minimum atomic E-state index is -0.735. The van der Waals surface area contributed by atoms with Crippen LogP contribution in [0.5, 0.6) is 5.75 Å². The summed E-state index contributed by atoms with van der Waals surface area (Å²) in [5.41, 5.74) is 17.3. The summed E-state index contributed by atoms with van der Waals surface area (Å²) in [5, 5.41) is 5.59. The van der Waals surface area contributed by atoms with Crippen LogP contribution in [0.1, 0.15) is 16.8 Å². The molecule has 0 atom stereocenters. The fourth-order valence-corrected chi connectivity index (χ4v) is 3.17. The van der Waals surface area contributed by atoms with Gasteiger partial charge in [-0.3, -0.25) is 10.1 Å². The molecule has 0 fully saturated rings. The highest BCUT2D eigenvalue weighted by molar-refractivity contribution is 7.20. The maximum atomic E-state index is 12.4. The van der Waals surface area contributed by atoms with Gasteiger partial charge in [0.15, 0.2) is 0 Å². The molecule has 1 aromatic carbocycles. The summed E-state index contributed by atoms with van der Waals surface area (Å²) in [6.07, 6.45) is -0.0550. The van der Waals surface area contributed by atoms with E-state index >= 15 is 0 Å². The van der Waals surface area contributed by atoms with Gasteiger partial charge in [-0.25, -0.2) is 4.79 Å². The van der Waals surface area contributed by atoms with Gasteiger partial charge in [-0.1, -0.05) is 0 Å². The summed E-state index contributed by atoms with van der Waals surface area (Å²) in [4.78, 5) is 24.4. The molecule has 134 valence electrons. The fourth-order valence-electron chi connectivity index (χ4n) is 2.11. The van der Waals surface area contributed by atoms with Crippen LogP contribution in [0.25, 0.3) is 10.4 Å². The lowest BCUT2D eigenvalue weighted by molar-refractivity contribution is 0.0954. The molecule has 0 aliphatic carbocycles. The Kier molecular flexibility index (Phi) is 6.34. The molecule has 2 rings (SSSR count). The Hall–Kier alpha value is -2.62. The third kappa shape index (κ3) is 5.18. The standard InChI is InChI=1S/C16H21N5O3S/c1-24-10-4-2-9(3-5-10)12-8-11(15(25-12)21-16(19)23)14(22)20-7-6-13(17)18/h2-5,8,13H,6-7,17-18H2,1H3,(H,20,22)(H3,19,21,23). The smallest absolute Gasteiger partial charge is 0.317 e. The largest absolute Gasteiger partial charge is 0.497 e. The molecule has 1 aromatic heterocycles. The number of carbonyl (C=O) groups is 2. The second-order valence-corrected chi connectivity index (χ2v) is 6.33. The van der Waals surface area contributed by atoms with E-state index in [1.54, 1.807) is 13.2 Å². The van der Waals surface area contributed by atoms with E-state index in [9.17, 15) is 9.59 Å². The van der Waals surface area contributed by atoms with Crippen molar-refractivity contribution < 1.29 is 14.3 Å². The van der Waals surface area contributed by atoms with Crippen LogP contribution in [-0.2, 0) is 0 Å². The first kappa shape index (κ1) is 18.7. The molecule has 0 unspecified atom stereocenters. The first-order valence-electron chi connectivity index (χ1n) is 7.54. The van der Waals surface area contributed by atoms with E-state index in [0.29, 0.717) is 23.5 Å². The molecule has 0 aliphatic heterocycles. The van der Waals surface area contributed by atoms with Crippen molar-refractivity contribution in [3.8, 4) is 16.2 Å². The van der Waals surface area contributed by atoms with Crippen molar-refractivity contribution >= 4 is 28.3 Å². The molecule has 1 heterocycles. The molecule has 25 heavy (non-hydrogen) atoms. The van der Waals surface area contributed by atoms with Gasteiger partial charge >= 0.3 is 6.03 Å². The number of nitrogens with one attached hydrogen (secondary N) is 2. The molecule has 0 aliphatic rings. The molecule has 0 saturated carbocycles. The van der Waals surface area contributed by atoms with E-state index in [-0.39, 0.29) is 5.91 Å². The normalized spacial score (nSPS) is 10.6. The average molecular weight is 363 g/mol. The van der Waals surface area contributed by atoms with Crippen molar-refractivity contribution in [1.82, 2.24) is 5.32 Å². The summed E-state index contributed by atoms with van der Waals surface area (Å²) >= 11 is 1.26. The van der Waals surface area contributed by atoms with Crippen molar-refractivity contribution in [3.63, 3.8) is 0 Å². The van der Waals surface area contributed by atoms with E-state index in [2.05, 4.69) is 10.6 Å². The van der Waals surface area contributed by atoms with Crippen molar-refractivity contribution in [2.75, 3.05) is 19.0 Å². The van der Waals surface area contributed by atoms with Gasteiger partial charge in [0.2, 0.25) is 0 Å². The number of ether oxygens (including phenoxy) is 1. The minimum Gasteiger partial charge on any atom is -0.497 e. The molecule has 2 aromatic rings. The lowest BCUT2D eigenvalue weighted by atomic mass is 10.1. The van der Waals surface area contributed by atoms with Gasteiger partial charge in [-0.05, 0) is 42.3 Å². The van der Waals surface area contributed by atoms with Gasteiger partial charge < -0.3 is 27.3 Å². The summed E-state index contributed by atoms with van der Waals surface area (Å²) in [6.45, 7) is 0.334. The quantitative estimate of drug-likeness (QED) is 0.470. The number of carbonyl (C=O) groups excluding carboxylic acids is 2. The van der Waals surface area contributed by atoms with Crippen LogP contribution in [0.15, 0.2) is 30.3 Å². The third-order valence-corrected chi connectivity index (χ3v) is 4.45. The molecule has 0 saturated heterocycles. The van der Waals surface area contributed by atoms with Gasteiger partial charge in [0.25, 0.3) is 5.91 Å². The SMILES string of the molecule is COc1ccc(-c2cc(C(=O)NCCC(N)N)c(NC(N)=O)s2)cc1. The van der Waals surface area contributed by atoms with Crippen LogP contribution < -0.4 is 32.6 Å². The molecular formula is C16H21N5O3S.